The summed E-state index contributed by atoms with van der Waals surface area (Å²) in [5.74, 6) is -1.36. The predicted octanol–water partition coefficient (Wildman–Crippen LogP) is 1.34. The van der Waals surface area contributed by atoms with Crippen LogP contribution in [-0.2, 0) is 4.79 Å². The summed E-state index contributed by atoms with van der Waals surface area (Å²) in [6.07, 6.45) is 1.54. The molecule has 21 heavy (non-hydrogen) atoms. The van der Waals surface area contributed by atoms with Gasteiger partial charge in [-0.2, -0.15) is 0 Å². The first-order valence-corrected chi connectivity index (χ1v) is 5.92. The largest absolute Gasteiger partial charge is 0.480 e. The van der Waals surface area contributed by atoms with Gasteiger partial charge < -0.3 is 9.67 Å². The minimum Gasteiger partial charge on any atom is -0.480 e. The lowest BCUT2D eigenvalue weighted by Gasteiger charge is -2.17. The van der Waals surface area contributed by atoms with E-state index in [2.05, 4.69) is 0 Å². The highest BCUT2D eigenvalue weighted by Crippen LogP contribution is 2.22. The van der Waals surface area contributed by atoms with Gasteiger partial charge in [-0.05, 0) is 12.3 Å². The fourth-order valence-electron chi connectivity index (χ4n) is 1.80. The van der Waals surface area contributed by atoms with E-state index in [4.69, 9.17) is 5.11 Å². The Morgan fingerprint density at radius 2 is 1.67 bits per heavy atom. The topological polar surface area (TPSA) is 146 Å². The minimum atomic E-state index is -1.35. The fourth-order valence-corrected chi connectivity index (χ4v) is 1.80. The molecule has 0 spiro atoms. The highest BCUT2D eigenvalue weighted by atomic mass is 16.6. The zero-order valence-corrected chi connectivity index (χ0v) is 11.3. The summed E-state index contributed by atoms with van der Waals surface area (Å²) in [5, 5.41) is 30.7. The monoisotopic (exact) mass is 299 g/mol. The first-order valence-electron chi connectivity index (χ1n) is 5.92. The molecule has 0 aliphatic heterocycles. The van der Waals surface area contributed by atoms with E-state index in [0.29, 0.717) is 0 Å². The van der Waals surface area contributed by atoms with Gasteiger partial charge >= 0.3 is 22.8 Å². The van der Waals surface area contributed by atoms with Crippen molar-refractivity contribution in [1.29, 1.82) is 0 Å². The lowest BCUT2D eigenvalue weighted by atomic mass is 10.0. The van der Waals surface area contributed by atoms with Crippen LogP contribution in [0.5, 0.6) is 0 Å². The fraction of sp³-hybridized carbons (Fsp3) is 0.455. The Kier molecular flexibility index (Phi) is 4.74. The summed E-state index contributed by atoms with van der Waals surface area (Å²) in [4.78, 5) is 42.3. The molecule has 114 valence electrons. The van der Waals surface area contributed by atoms with Crippen molar-refractivity contribution in [3.63, 3.8) is 0 Å². The number of pyridine rings is 1. The average Bonchev–Trinajstić information content (AvgIpc) is 2.35. The van der Waals surface area contributed by atoms with Crippen molar-refractivity contribution in [3.8, 4) is 0 Å². The maximum Gasteiger partial charge on any atom is 0.339 e. The molecule has 1 rings (SSSR count). The molecule has 1 aromatic rings. The molecule has 0 unspecified atom stereocenters. The Morgan fingerprint density at radius 1 is 1.24 bits per heavy atom. The standard InChI is InChI=1S/C11H13N3O7/c1-6(2)3-7(11(16)17)12-4-8(13(18)19)10(15)9(5-12)14(20)21/h4-7H,3H2,1-2H3,(H,16,17)/t7-/m0/s1. The number of rotatable bonds is 6. The van der Waals surface area contributed by atoms with Crippen LogP contribution >= 0.6 is 0 Å². The van der Waals surface area contributed by atoms with Gasteiger partial charge in [0.25, 0.3) is 0 Å². The van der Waals surface area contributed by atoms with Crippen LogP contribution in [0.1, 0.15) is 26.3 Å². The number of nitro groups is 2. The molecule has 0 radical (unpaired) electrons. The molecule has 10 heteroatoms. The lowest BCUT2D eigenvalue weighted by molar-refractivity contribution is -0.397. The zero-order valence-electron chi connectivity index (χ0n) is 11.3. The maximum absolute atomic E-state index is 11.6. The SMILES string of the molecule is CC(C)C[C@@H](C(=O)O)n1cc([N+](=O)[O-])c(=O)c([N+](=O)[O-])c1. The van der Waals surface area contributed by atoms with Crippen molar-refractivity contribution in [3.05, 3.63) is 42.8 Å². The third-order valence-corrected chi connectivity index (χ3v) is 2.74. The third kappa shape index (κ3) is 3.61. The molecule has 10 nitrogen and oxygen atoms in total. The normalized spacial score (nSPS) is 12.1. The number of aromatic nitrogens is 1. The zero-order chi connectivity index (χ0) is 16.3. The van der Waals surface area contributed by atoms with E-state index in [1.54, 1.807) is 13.8 Å². The van der Waals surface area contributed by atoms with Gasteiger partial charge in [0.2, 0.25) is 0 Å². The first kappa shape index (κ1) is 16.3. The van der Waals surface area contributed by atoms with E-state index >= 15 is 0 Å². The van der Waals surface area contributed by atoms with Crippen LogP contribution in [0.25, 0.3) is 0 Å². The second kappa shape index (κ2) is 6.11. The van der Waals surface area contributed by atoms with Crippen molar-refractivity contribution in [2.75, 3.05) is 0 Å². The molecule has 0 fully saturated rings. The molecule has 0 saturated carbocycles. The summed E-state index contributed by atoms with van der Waals surface area (Å²) in [7, 11) is 0. The van der Waals surface area contributed by atoms with Crippen LogP contribution in [0.4, 0.5) is 11.4 Å². The smallest absolute Gasteiger partial charge is 0.339 e. The Hall–Kier alpha value is -2.78. The van der Waals surface area contributed by atoms with Crippen LogP contribution in [0, 0.1) is 26.1 Å². The van der Waals surface area contributed by atoms with E-state index in [-0.39, 0.29) is 12.3 Å². The maximum atomic E-state index is 11.6. The molecule has 1 heterocycles. The summed E-state index contributed by atoms with van der Waals surface area (Å²) in [6, 6.07) is -1.23. The van der Waals surface area contributed by atoms with E-state index in [1.807, 2.05) is 0 Å². The molecule has 0 aromatic carbocycles. The Bertz CT molecular complexity index is 611. The van der Waals surface area contributed by atoms with Gasteiger partial charge in [-0.1, -0.05) is 13.8 Å². The van der Waals surface area contributed by atoms with Crippen LogP contribution < -0.4 is 5.43 Å². The summed E-state index contributed by atoms with van der Waals surface area (Å²) >= 11 is 0. The molecule has 0 aliphatic rings. The second-order valence-corrected chi connectivity index (χ2v) is 4.80. The van der Waals surface area contributed by atoms with Crippen molar-refractivity contribution in [2.24, 2.45) is 5.92 Å². The average molecular weight is 299 g/mol. The lowest BCUT2D eigenvalue weighted by Crippen LogP contribution is -2.24. The van der Waals surface area contributed by atoms with Crippen LogP contribution in [-0.4, -0.2) is 25.5 Å². The summed E-state index contributed by atoms with van der Waals surface area (Å²) in [6.45, 7) is 3.47. The van der Waals surface area contributed by atoms with Crippen molar-refractivity contribution in [1.82, 2.24) is 4.57 Å². The molecule has 0 bridgehead atoms. The highest BCUT2D eigenvalue weighted by molar-refractivity contribution is 5.72. The minimum absolute atomic E-state index is 0.0661. The van der Waals surface area contributed by atoms with Gasteiger partial charge in [0, 0.05) is 0 Å². The number of hydrogen-bond acceptors (Lipinski definition) is 6. The molecule has 1 N–H and O–H groups in total. The van der Waals surface area contributed by atoms with E-state index < -0.39 is 38.7 Å². The number of carbonyl (C=O) groups is 1. The van der Waals surface area contributed by atoms with Gasteiger partial charge in [0.1, 0.15) is 6.04 Å². The molecule has 0 aliphatic carbocycles. The molecule has 0 amide bonds. The molecular weight excluding hydrogens is 286 g/mol. The van der Waals surface area contributed by atoms with Gasteiger partial charge in [-0.25, -0.2) is 4.79 Å². The number of nitrogens with zero attached hydrogens (tertiary/aromatic N) is 3. The van der Waals surface area contributed by atoms with Crippen molar-refractivity contribution < 1.29 is 19.7 Å². The number of carboxylic acids is 1. The van der Waals surface area contributed by atoms with Crippen molar-refractivity contribution in [2.45, 2.75) is 26.3 Å². The van der Waals surface area contributed by atoms with Gasteiger partial charge in [-0.3, -0.25) is 25.0 Å². The number of hydrogen-bond donors (Lipinski definition) is 1. The number of aliphatic carboxylic acids is 1. The van der Waals surface area contributed by atoms with Gasteiger partial charge in [0.05, 0.1) is 22.2 Å². The predicted molar refractivity (Wildman–Crippen MR) is 70.1 cm³/mol. The van der Waals surface area contributed by atoms with E-state index in [9.17, 15) is 29.8 Å². The Balaban J connectivity index is 3.54. The third-order valence-electron chi connectivity index (χ3n) is 2.74. The van der Waals surface area contributed by atoms with Gasteiger partial charge in [0.15, 0.2) is 0 Å². The molecule has 1 aromatic heterocycles. The van der Waals surface area contributed by atoms with E-state index in [1.165, 1.54) is 0 Å². The molecule has 1 atom stereocenters. The van der Waals surface area contributed by atoms with Gasteiger partial charge in [-0.15, -0.1) is 0 Å². The molecule has 0 saturated heterocycles. The summed E-state index contributed by atoms with van der Waals surface area (Å²) < 4.78 is 0.833. The van der Waals surface area contributed by atoms with Crippen LogP contribution in [0.15, 0.2) is 17.2 Å². The first-order chi connectivity index (χ1) is 9.65. The Labute approximate surface area is 117 Å². The molecular formula is C11H13N3O7. The Morgan fingerprint density at radius 3 is 1.95 bits per heavy atom. The number of carboxylic acid groups (broad SMARTS) is 1. The second-order valence-electron chi connectivity index (χ2n) is 4.80. The van der Waals surface area contributed by atoms with E-state index in [0.717, 1.165) is 17.0 Å². The van der Waals surface area contributed by atoms with Crippen LogP contribution in [0.3, 0.4) is 0 Å². The summed E-state index contributed by atoms with van der Waals surface area (Å²) in [5.41, 5.74) is -3.41. The van der Waals surface area contributed by atoms with Crippen molar-refractivity contribution >= 4 is 17.3 Å². The van der Waals surface area contributed by atoms with Crippen LogP contribution in [0.2, 0.25) is 0 Å². The quantitative estimate of drug-likeness (QED) is 0.615. The highest BCUT2D eigenvalue weighted by Gasteiger charge is 2.29.